The number of carbonyl (C=O) groups is 2. The monoisotopic (exact) mass is 447 g/mol. The van der Waals surface area contributed by atoms with Crippen LogP contribution in [0.25, 0.3) is 5.76 Å². The number of Topliss-reactive ketones (excluding diaryl/α,β-unsaturated/α-hetero) is 1. The molecular weight excluding hydrogens is 425 g/mol. The number of aliphatic hydroxyl groups is 1. The van der Waals surface area contributed by atoms with Crippen LogP contribution < -0.4 is 14.4 Å². The Hall–Kier alpha value is -4.13. The first-order valence-electron chi connectivity index (χ1n) is 10.2. The third-order valence-corrected chi connectivity index (χ3v) is 5.68. The van der Waals surface area contributed by atoms with Gasteiger partial charge in [-0.05, 0) is 42.8 Å². The summed E-state index contributed by atoms with van der Waals surface area (Å²) in [6, 6.07) is 16.4. The Labute approximate surface area is 190 Å². The van der Waals surface area contributed by atoms with E-state index in [0.29, 0.717) is 17.2 Å². The Morgan fingerprint density at radius 2 is 1.61 bits per heavy atom. The van der Waals surface area contributed by atoms with Crippen molar-refractivity contribution in [2.45, 2.75) is 13.0 Å². The van der Waals surface area contributed by atoms with Gasteiger partial charge >= 0.3 is 0 Å². The van der Waals surface area contributed by atoms with E-state index in [9.17, 15) is 19.1 Å². The van der Waals surface area contributed by atoms with Crippen LogP contribution in [0.3, 0.4) is 0 Å². The van der Waals surface area contributed by atoms with E-state index in [-0.39, 0.29) is 16.7 Å². The molecule has 1 amide bonds. The van der Waals surface area contributed by atoms with Crippen molar-refractivity contribution < 1.29 is 28.6 Å². The molecule has 1 unspecified atom stereocenters. The first-order valence-corrected chi connectivity index (χ1v) is 10.2. The maximum Gasteiger partial charge on any atom is 0.300 e. The lowest BCUT2D eigenvalue weighted by molar-refractivity contribution is -0.132. The molecule has 1 heterocycles. The fraction of sp³-hybridized carbons (Fsp3) is 0.154. The highest BCUT2D eigenvalue weighted by molar-refractivity contribution is 6.51. The van der Waals surface area contributed by atoms with Gasteiger partial charge in [0.15, 0.2) is 11.5 Å². The number of amides is 1. The molecule has 0 radical (unpaired) electrons. The van der Waals surface area contributed by atoms with Gasteiger partial charge in [-0.1, -0.05) is 36.4 Å². The lowest BCUT2D eigenvalue weighted by atomic mass is 9.94. The lowest BCUT2D eigenvalue weighted by Crippen LogP contribution is -2.30. The number of hydrogen-bond donors (Lipinski definition) is 1. The van der Waals surface area contributed by atoms with Crippen LogP contribution in [0.5, 0.6) is 11.5 Å². The Morgan fingerprint density at radius 1 is 0.939 bits per heavy atom. The molecule has 7 heteroatoms. The molecule has 1 aliphatic rings. The van der Waals surface area contributed by atoms with Crippen molar-refractivity contribution in [3.05, 3.63) is 94.8 Å². The third kappa shape index (κ3) is 3.71. The number of benzene rings is 3. The summed E-state index contributed by atoms with van der Waals surface area (Å²) in [4.78, 5) is 27.6. The van der Waals surface area contributed by atoms with E-state index in [4.69, 9.17) is 9.47 Å². The maximum atomic E-state index is 15.0. The molecule has 0 aromatic heterocycles. The van der Waals surface area contributed by atoms with Gasteiger partial charge in [0.1, 0.15) is 11.6 Å². The van der Waals surface area contributed by atoms with Crippen LogP contribution in [0.15, 0.2) is 72.3 Å². The van der Waals surface area contributed by atoms with Gasteiger partial charge in [-0.15, -0.1) is 0 Å². The van der Waals surface area contributed by atoms with E-state index in [1.165, 1.54) is 49.5 Å². The Kier molecular flexibility index (Phi) is 5.87. The number of ketones is 1. The molecule has 0 saturated carbocycles. The molecule has 1 atom stereocenters. The molecular formula is C26H22FNO5. The van der Waals surface area contributed by atoms with Gasteiger partial charge in [-0.3, -0.25) is 14.5 Å². The fourth-order valence-electron chi connectivity index (χ4n) is 4.04. The van der Waals surface area contributed by atoms with Crippen LogP contribution in [0.2, 0.25) is 0 Å². The zero-order valence-electron chi connectivity index (χ0n) is 18.3. The molecule has 4 rings (SSSR count). The third-order valence-electron chi connectivity index (χ3n) is 5.68. The summed E-state index contributed by atoms with van der Waals surface area (Å²) in [5.41, 5.74) is 1.31. The van der Waals surface area contributed by atoms with Gasteiger partial charge in [0, 0.05) is 16.8 Å². The van der Waals surface area contributed by atoms with Gasteiger partial charge in [0.05, 0.1) is 25.8 Å². The van der Waals surface area contributed by atoms with E-state index in [2.05, 4.69) is 0 Å². The molecule has 1 aliphatic heterocycles. The zero-order chi connectivity index (χ0) is 23.7. The van der Waals surface area contributed by atoms with Gasteiger partial charge in [-0.2, -0.15) is 0 Å². The van der Waals surface area contributed by atoms with Crippen LogP contribution in [-0.4, -0.2) is 31.0 Å². The number of aliphatic hydroxyl groups excluding tert-OH is 1. The second kappa shape index (κ2) is 8.78. The number of aryl methyl sites for hydroxylation is 1. The predicted octanol–water partition coefficient (Wildman–Crippen LogP) is 4.78. The van der Waals surface area contributed by atoms with Crippen LogP contribution in [0.1, 0.15) is 22.7 Å². The number of methoxy groups -OCH3 is 2. The first kappa shape index (κ1) is 22.1. The smallest absolute Gasteiger partial charge is 0.300 e. The van der Waals surface area contributed by atoms with Crippen molar-refractivity contribution >= 4 is 23.1 Å². The molecule has 3 aromatic carbocycles. The number of rotatable bonds is 5. The summed E-state index contributed by atoms with van der Waals surface area (Å²) >= 11 is 0. The van der Waals surface area contributed by atoms with Gasteiger partial charge < -0.3 is 14.6 Å². The van der Waals surface area contributed by atoms with Crippen molar-refractivity contribution in [3.63, 3.8) is 0 Å². The van der Waals surface area contributed by atoms with Gasteiger partial charge in [-0.25, -0.2) is 4.39 Å². The highest BCUT2D eigenvalue weighted by Gasteiger charge is 2.48. The van der Waals surface area contributed by atoms with Gasteiger partial charge in [0.25, 0.3) is 11.7 Å². The SMILES string of the molecule is COc1ccc(/C(O)=C2\C(=O)C(=O)N(c3ccccc3C)C2c2ccccc2F)cc1OC. The van der Waals surface area contributed by atoms with Crippen LogP contribution in [-0.2, 0) is 9.59 Å². The van der Waals surface area contributed by atoms with Crippen molar-refractivity contribution in [2.24, 2.45) is 0 Å². The number of hydrogen-bond acceptors (Lipinski definition) is 5. The molecule has 6 nitrogen and oxygen atoms in total. The Morgan fingerprint density at radius 3 is 2.27 bits per heavy atom. The minimum Gasteiger partial charge on any atom is -0.507 e. The number of para-hydroxylation sites is 1. The number of nitrogens with zero attached hydrogens (tertiary/aromatic N) is 1. The van der Waals surface area contributed by atoms with Crippen molar-refractivity contribution in [1.82, 2.24) is 0 Å². The summed E-state index contributed by atoms with van der Waals surface area (Å²) < 4.78 is 25.5. The standard InChI is InChI=1S/C26H22FNO5/c1-15-8-4-7-11-19(15)28-23(17-9-5-6-10-18(17)27)22(25(30)26(28)31)24(29)16-12-13-20(32-2)21(14-16)33-3/h4-14,23,29H,1-3H3/b24-22+. The predicted molar refractivity (Wildman–Crippen MR) is 122 cm³/mol. The molecule has 0 aliphatic carbocycles. The van der Waals surface area contributed by atoms with Crippen LogP contribution in [0.4, 0.5) is 10.1 Å². The average Bonchev–Trinajstić information content (AvgIpc) is 3.09. The van der Waals surface area contributed by atoms with Crippen LogP contribution >= 0.6 is 0 Å². The highest BCUT2D eigenvalue weighted by Crippen LogP contribution is 2.44. The van der Waals surface area contributed by atoms with E-state index >= 15 is 0 Å². The molecule has 0 spiro atoms. The second-order valence-corrected chi connectivity index (χ2v) is 7.55. The summed E-state index contributed by atoms with van der Waals surface area (Å²) in [6.07, 6.45) is 0. The van der Waals surface area contributed by atoms with Crippen molar-refractivity contribution in [2.75, 3.05) is 19.1 Å². The fourth-order valence-corrected chi connectivity index (χ4v) is 4.04. The Bertz CT molecular complexity index is 1280. The lowest BCUT2D eigenvalue weighted by Gasteiger charge is -2.27. The minimum atomic E-state index is -1.15. The number of ether oxygens (including phenoxy) is 2. The highest BCUT2D eigenvalue weighted by atomic mass is 19.1. The average molecular weight is 447 g/mol. The summed E-state index contributed by atoms with van der Waals surface area (Å²) in [5.74, 6) is -2.02. The summed E-state index contributed by atoms with van der Waals surface area (Å²) in [6.45, 7) is 1.79. The molecule has 1 N–H and O–H groups in total. The molecule has 0 bridgehead atoms. The number of carbonyl (C=O) groups excluding carboxylic acids is 2. The maximum absolute atomic E-state index is 15.0. The zero-order valence-corrected chi connectivity index (χ0v) is 18.3. The molecule has 168 valence electrons. The molecule has 1 saturated heterocycles. The summed E-state index contributed by atoms with van der Waals surface area (Å²) in [7, 11) is 2.92. The van der Waals surface area contributed by atoms with E-state index in [1.54, 1.807) is 43.3 Å². The minimum absolute atomic E-state index is 0.0991. The van der Waals surface area contributed by atoms with E-state index < -0.39 is 29.3 Å². The molecule has 33 heavy (non-hydrogen) atoms. The topological polar surface area (TPSA) is 76.1 Å². The van der Waals surface area contributed by atoms with Crippen molar-refractivity contribution in [1.29, 1.82) is 0 Å². The van der Waals surface area contributed by atoms with Crippen LogP contribution in [0, 0.1) is 12.7 Å². The Balaban J connectivity index is 1.98. The summed E-state index contributed by atoms with van der Waals surface area (Å²) in [5, 5.41) is 11.2. The normalized spacial score (nSPS) is 17.3. The molecule has 1 fully saturated rings. The quantitative estimate of drug-likeness (QED) is 0.346. The van der Waals surface area contributed by atoms with Crippen molar-refractivity contribution in [3.8, 4) is 11.5 Å². The molecule has 3 aromatic rings. The number of anilines is 1. The van der Waals surface area contributed by atoms with Gasteiger partial charge in [0.2, 0.25) is 0 Å². The second-order valence-electron chi connectivity index (χ2n) is 7.55. The van der Waals surface area contributed by atoms with E-state index in [1.807, 2.05) is 0 Å². The van der Waals surface area contributed by atoms with E-state index in [0.717, 1.165) is 5.56 Å². The number of halogens is 1. The largest absolute Gasteiger partial charge is 0.507 e. The first-order chi connectivity index (χ1) is 15.9.